The number of hydrogen-bond donors (Lipinski definition) is 2. The van der Waals surface area contributed by atoms with Gasteiger partial charge in [-0.3, -0.25) is 4.79 Å². The Balaban J connectivity index is 0.00000121. The van der Waals surface area contributed by atoms with Crippen molar-refractivity contribution < 1.29 is 9.90 Å². The fourth-order valence-electron chi connectivity index (χ4n) is 1.31. The third-order valence-corrected chi connectivity index (χ3v) is 2.17. The predicted molar refractivity (Wildman–Crippen MR) is 71.8 cm³/mol. The van der Waals surface area contributed by atoms with Crippen molar-refractivity contribution in [3.63, 3.8) is 0 Å². The summed E-state index contributed by atoms with van der Waals surface area (Å²) in [6, 6.07) is -0.353. The number of unbranched alkanes of at least 4 members (excludes halogenated alkanes) is 2. The number of aliphatic hydroxyl groups excluding tert-OH is 1. The van der Waals surface area contributed by atoms with Crippen molar-refractivity contribution in [3.05, 3.63) is 36.1 Å². The summed E-state index contributed by atoms with van der Waals surface area (Å²) < 4.78 is 0. The fraction of sp³-hybridized carbons (Fsp3) is 0.500. The zero-order chi connectivity index (χ0) is 13.1. The van der Waals surface area contributed by atoms with E-state index in [0.717, 1.165) is 6.42 Å². The van der Waals surface area contributed by atoms with Crippen molar-refractivity contribution in [2.24, 2.45) is 0 Å². The molecule has 0 aromatic rings. The predicted octanol–water partition coefficient (Wildman–Crippen LogP) is 3.26. The highest BCUT2D eigenvalue weighted by Gasteiger charge is 2.19. The van der Waals surface area contributed by atoms with Gasteiger partial charge in [0.2, 0.25) is 5.91 Å². The first kappa shape index (κ1) is 15.5. The van der Waals surface area contributed by atoms with Crippen molar-refractivity contribution in [2.75, 3.05) is 0 Å². The molecule has 0 spiro atoms. The number of aliphatic hydroxyl groups is 1. The van der Waals surface area contributed by atoms with Gasteiger partial charge >= 0.3 is 0 Å². The van der Waals surface area contributed by atoms with Crippen molar-refractivity contribution in [1.82, 2.24) is 5.32 Å². The van der Waals surface area contributed by atoms with E-state index < -0.39 is 0 Å². The molecular weight excluding hydrogens is 214 g/mol. The van der Waals surface area contributed by atoms with E-state index in [-0.39, 0.29) is 17.7 Å². The first-order valence-electron chi connectivity index (χ1n) is 6.28. The number of rotatable bonds is 5. The van der Waals surface area contributed by atoms with E-state index in [1.807, 2.05) is 26.0 Å². The Morgan fingerprint density at radius 1 is 1.41 bits per heavy atom. The Labute approximate surface area is 104 Å². The van der Waals surface area contributed by atoms with Crippen LogP contribution in [0.25, 0.3) is 0 Å². The summed E-state index contributed by atoms with van der Waals surface area (Å²) in [6.45, 7) is 6.15. The second kappa shape index (κ2) is 9.70. The molecule has 0 aliphatic carbocycles. The number of nitrogens with one attached hydrogen (secondary N) is 1. The van der Waals surface area contributed by atoms with E-state index in [0.29, 0.717) is 0 Å². The molecule has 0 aromatic carbocycles. The Hall–Kier alpha value is -1.51. The first-order valence-corrected chi connectivity index (χ1v) is 6.28. The standard InChI is InChI=1S/C12H17NO2.C2H6/c1-2-3-4-5-6-7-8-10-11(14)9-12(15)13-10;1-2/h5-10,14H,2-4H2,1H3,(H,13,15);1-2H3/b6-5+,8-7+;. The summed E-state index contributed by atoms with van der Waals surface area (Å²) in [6.07, 6.45) is 12.3. The molecule has 17 heavy (non-hydrogen) atoms. The lowest BCUT2D eigenvalue weighted by molar-refractivity contribution is -0.116. The number of carbonyl (C=O) groups is 1. The molecule has 3 heteroatoms. The molecule has 96 valence electrons. The van der Waals surface area contributed by atoms with Crippen LogP contribution in [0.4, 0.5) is 0 Å². The molecule has 1 amide bonds. The van der Waals surface area contributed by atoms with Crippen molar-refractivity contribution in [3.8, 4) is 0 Å². The maximum Gasteiger partial charge on any atom is 0.248 e. The van der Waals surface area contributed by atoms with Gasteiger partial charge in [0.15, 0.2) is 0 Å². The van der Waals surface area contributed by atoms with Crippen molar-refractivity contribution >= 4 is 5.91 Å². The number of hydrogen-bond acceptors (Lipinski definition) is 2. The molecule has 2 N–H and O–H groups in total. The van der Waals surface area contributed by atoms with Crippen LogP contribution >= 0.6 is 0 Å². The van der Waals surface area contributed by atoms with Crippen LogP contribution in [0.5, 0.6) is 0 Å². The highest BCUT2D eigenvalue weighted by atomic mass is 16.3. The fourth-order valence-corrected chi connectivity index (χ4v) is 1.31. The van der Waals surface area contributed by atoms with E-state index in [1.165, 1.54) is 18.9 Å². The van der Waals surface area contributed by atoms with E-state index in [1.54, 1.807) is 6.08 Å². The van der Waals surface area contributed by atoms with Crippen molar-refractivity contribution in [1.29, 1.82) is 0 Å². The highest BCUT2D eigenvalue weighted by molar-refractivity contribution is 5.91. The van der Waals surface area contributed by atoms with Crippen LogP contribution in [0.1, 0.15) is 40.0 Å². The largest absolute Gasteiger partial charge is 0.510 e. The summed E-state index contributed by atoms with van der Waals surface area (Å²) >= 11 is 0. The molecule has 1 rings (SSSR count). The lowest BCUT2D eigenvalue weighted by atomic mass is 10.2. The van der Waals surface area contributed by atoms with Gasteiger partial charge in [-0.2, -0.15) is 0 Å². The monoisotopic (exact) mass is 237 g/mol. The maximum absolute atomic E-state index is 10.8. The molecule has 1 aliphatic heterocycles. The third-order valence-electron chi connectivity index (χ3n) is 2.17. The third kappa shape index (κ3) is 6.61. The van der Waals surface area contributed by atoms with Crippen molar-refractivity contribution in [2.45, 2.75) is 46.1 Å². The zero-order valence-corrected chi connectivity index (χ0v) is 10.9. The average Bonchev–Trinajstić information content (AvgIpc) is 2.65. The number of carbonyl (C=O) groups excluding carboxylic acids is 1. The van der Waals surface area contributed by atoms with E-state index >= 15 is 0 Å². The molecule has 3 nitrogen and oxygen atoms in total. The number of allylic oxidation sites excluding steroid dienone is 3. The van der Waals surface area contributed by atoms with Gasteiger partial charge in [-0.1, -0.05) is 57.9 Å². The molecule has 1 unspecified atom stereocenters. The zero-order valence-electron chi connectivity index (χ0n) is 10.9. The van der Waals surface area contributed by atoms with Gasteiger partial charge in [-0.15, -0.1) is 0 Å². The van der Waals surface area contributed by atoms with Crippen LogP contribution in [0.15, 0.2) is 36.1 Å². The molecule has 0 radical (unpaired) electrons. The van der Waals surface area contributed by atoms with Crippen LogP contribution in [-0.2, 0) is 4.79 Å². The van der Waals surface area contributed by atoms with Gasteiger partial charge in [0, 0.05) is 6.08 Å². The van der Waals surface area contributed by atoms with E-state index in [2.05, 4.69) is 18.3 Å². The van der Waals surface area contributed by atoms with Gasteiger partial charge in [0.05, 0.1) is 0 Å². The normalized spacial score (nSPS) is 19.1. The quantitative estimate of drug-likeness (QED) is 0.569. The van der Waals surface area contributed by atoms with Gasteiger partial charge in [-0.05, 0) is 6.42 Å². The Morgan fingerprint density at radius 2 is 2.12 bits per heavy atom. The molecule has 1 atom stereocenters. The SMILES string of the molecule is CC.CCCC/C=C/C=C/C1NC(=O)C=C1O. The van der Waals surface area contributed by atoms with E-state index in [4.69, 9.17) is 0 Å². The second-order valence-corrected chi connectivity index (χ2v) is 3.51. The van der Waals surface area contributed by atoms with Crippen LogP contribution in [0.3, 0.4) is 0 Å². The number of amides is 1. The summed E-state index contributed by atoms with van der Waals surface area (Å²) in [5.74, 6) is -0.157. The lowest BCUT2D eigenvalue weighted by Gasteiger charge is -2.03. The smallest absolute Gasteiger partial charge is 0.248 e. The average molecular weight is 237 g/mol. The summed E-state index contributed by atoms with van der Waals surface area (Å²) in [5.41, 5.74) is 0. The Bertz CT molecular complexity index is 303. The first-order chi connectivity index (χ1) is 8.24. The van der Waals surface area contributed by atoms with Crippen LogP contribution in [0, 0.1) is 0 Å². The summed E-state index contributed by atoms with van der Waals surface area (Å²) in [7, 11) is 0. The molecule has 0 saturated heterocycles. The molecule has 0 bridgehead atoms. The Morgan fingerprint density at radius 3 is 2.65 bits per heavy atom. The minimum absolute atomic E-state index is 0.0817. The lowest BCUT2D eigenvalue weighted by Crippen LogP contribution is -2.26. The molecule has 1 aliphatic rings. The minimum Gasteiger partial charge on any atom is -0.510 e. The van der Waals surface area contributed by atoms with Gasteiger partial charge in [-0.25, -0.2) is 0 Å². The van der Waals surface area contributed by atoms with Crippen LogP contribution in [0.2, 0.25) is 0 Å². The summed E-state index contributed by atoms with van der Waals surface area (Å²) in [4.78, 5) is 10.8. The van der Waals surface area contributed by atoms with Crippen LogP contribution < -0.4 is 5.32 Å². The summed E-state index contributed by atoms with van der Waals surface area (Å²) in [5, 5.41) is 11.9. The maximum atomic E-state index is 10.8. The Kier molecular flexibility index (Phi) is 8.84. The van der Waals surface area contributed by atoms with E-state index in [9.17, 15) is 9.90 Å². The van der Waals surface area contributed by atoms with Gasteiger partial charge < -0.3 is 10.4 Å². The highest BCUT2D eigenvalue weighted by Crippen LogP contribution is 2.07. The second-order valence-electron chi connectivity index (χ2n) is 3.51. The molecular formula is C14H23NO2. The molecule has 0 aromatic heterocycles. The molecule has 0 fully saturated rings. The van der Waals surface area contributed by atoms with Crippen LogP contribution in [-0.4, -0.2) is 17.1 Å². The topological polar surface area (TPSA) is 49.3 Å². The van der Waals surface area contributed by atoms with Gasteiger partial charge in [0.25, 0.3) is 0 Å². The molecule has 1 heterocycles. The molecule has 0 saturated carbocycles. The van der Waals surface area contributed by atoms with Gasteiger partial charge in [0.1, 0.15) is 11.8 Å². The minimum atomic E-state index is -0.353.